The fraction of sp³-hybridized carbons (Fsp3) is 0.512. The summed E-state index contributed by atoms with van der Waals surface area (Å²) in [5.41, 5.74) is 4.62. The Balaban J connectivity index is 1.31. The van der Waals surface area contributed by atoms with E-state index in [9.17, 15) is 24.6 Å². The summed E-state index contributed by atoms with van der Waals surface area (Å²) in [5, 5.41) is 22.4. The van der Waals surface area contributed by atoms with Crippen molar-refractivity contribution in [3.8, 4) is 5.75 Å². The molecule has 10 nitrogen and oxygen atoms in total. The van der Waals surface area contributed by atoms with Crippen LogP contribution >= 0.6 is 0 Å². The standard InChI is InChI=1S/C41H57N3O7Si/c1-5-50-34-17-18-36-32(25-34)26-35(42-20-9-10-22-45)41(48)44(36)33-15-11-14-30(24-33)16-19-37-29(2)40(52(3,4)49)38(51-37)27-39(47)43(21-23-46)28-31-12-7-6-8-13-31/h6-8,11-15,17-18,24-25,29,35,37-38,40,42,45-46,49H,5,9-10,16,19-23,26-28H2,1-4H3/t29-,35?,37+,38-,40+/m0/s1. The molecule has 2 heterocycles. The highest BCUT2D eigenvalue weighted by atomic mass is 28.4. The highest BCUT2D eigenvalue weighted by Gasteiger charge is 2.50. The van der Waals surface area contributed by atoms with Gasteiger partial charge in [0.1, 0.15) is 5.75 Å². The van der Waals surface area contributed by atoms with E-state index in [0.29, 0.717) is 45.4 Å². The number of hydrogen-bond donors (Lipinski definition) is 4. The molecule has 282 valence electrons. The number of aryl methyl sites for hydroxylation is 1. The lowest BCUT2D eigenvalue weighted by molar-refractivity contribution is -0.135. The van der Waals surface area contributed by atoms with E-state index in [0.717, 1.165) is 40.2 Å². The first kappa shape index (κ1) is 39.6. The van der Waals surface area contributed by atoms with Gasteiger partial charge in [-0.1, -0.05) is 49.4 Å². The first-order valence-electron chi connectivity index (χ1n) is 18.9. The zero-order valence-corrected chi connectivity index (χ0v) is 32.2. The third-order valence-electron chi connectivity index (χ3n) is 10.4. The van der Waals surface area contributed by atoms with E-state index in [4.69, 9.17) is 9.47 Å². The van der Waals surface area contributed by atoms with Crippen LogP contribution in [-0.2, 0) is 33.7 Å². The summed E-state index contributed by atoms with van der Waals surface area (Å²) in [6, 6.07) is 23.4. The number of aliphatic hydroxyl groups is 2. The summed E-state index contributed by atoms with van der Waals surface area (Å²) in [6.45, 7) is 9.77. The molecule has 11 heteroatoms. The zero-order valence-electron chi connectivity index (χ0n) is 31.2. The van der Waals surface area contributed by atoms with Crippen LogP contribution in [0.15, 0.2) is 72.8 Å². The van der Waals surface area contributed by atoms with Gasteiger partial charge in [0.25, 0.3) is 0 Å². The molecule has 2 aliphatic heterocycles. The minimum absolute atomic E-state index is 0.0152. The second-order valence-electron chi connectivity index (χ2n) is 14.7. The molecule has 2 aliphatic rings. The SMILES string of the molecule is CCOc1ccc2c(c1)CC(NCCCCO)C(=O)N2c1cccc(CC[C@H]2O[C@@H](CC(=O)N(CCO)Cc3ccccc3)[C@H]([Si](C)(C)O)[C@H]2C)c1. The number of carbonyl (C=O) groups is 2. The number of fused-ring (bicyclic) bond motifs is 1. The lowest BCUT2D eigenvalue weighted by Gasteiger charge is -2.35. The number of benzene rings is 3. The Morgan fingerprint density at radius 2 is 1.77 bits per heavy atom. The molecule has 52 heavy (non-hydrogen) atoms. The number of hydrogen-bond acceptors (Lipinski definition) is 8. The quantitative estimate of drug-likeness (QED) is 0.102. The largest absolute Gasteiger partial charge is 0.494 e. The van der Waals surface area contributed by atoms with Crippen molar-refractivity contribution >= 4 is 31.5 Å². The molecular formula is C41H57N3O7Si. The van der Waals surface area contributed by atoms with Gasteiger partial charge in [-0.3, -0.25) is 14.5 Å². The van der Waals surface area contributed by atoms with Gasteiger partial charge in [0.2, 0.25) is 11.8 Å². The van der Waals surface area contributed by atoms with E-state index < -0.39 is 20.5 Å². The van der Waals surface area contributed by atoms with Gasteiger partial charge >= 0.3 is 0 Å². The van der Waals surface area contributed by atoms with Crippen molar-refractivity contribution in [3.63, 3.8) is 0 Å². The van der Waals surface area contributed by atoms with Gasteiger partial charge in [-0.25, -0.2) is 0 Å². The van der Waals surface area contributed by atoms with Crippen LogP contribution in [0, 0.1) is 5.92 Å². The zero-order chi connectivity index (χ0) is 37.3. The second-order valence-corrected chi connectivity index (χ2v) is 18.7. The molecule has 0 spiro atoms. The Morgan fingerprint density at radius 3 is 2.48 bits per heavy atom. The van der Waals surface area contributed by atoms with E-state index in [-0.39, 0.29) is 55.6 Å². The van der Waals surface area contributed by atoms with Crippen molar-refractivity contribution in [2.45, 2.75) is 95.8 Å². The van der Waals surface area contributed by atoms with E-state index in [1.807, 2.05) is 85.6 Å². The average Bonchev–Trinajstić information content (AvgIpc) is 3.44. The van der Waals surface area contributed by atoms with Gasteiger partial charge < -0.3 is 34.7 Å². The molecule has 5 atom stereocenters. The molecule has 1 fully saturated rings. The molecule has 1 unspecified atom stereocenters. The average molecular weight is 732 g/mol. The third kappa shape index (κ3) is 9.88. The Hall–Kier alpha value is -3.58. The smallest absolute Gasteiger partial charge is 0.249 e. The summed E-state index contributed by atoms with van der Waals surface area (Å²) in [6.07, 6.45) is 3.03. The van der Waals surface area contributed by atoms with Crippen molar-refractivity contribution in [3.05, 3.63) is 89.5 Å². The molecule has 3 aromatic carbocycles. The minimum atomic E-state index is -2.71. The van der Waals surface area contributed by atoms with Crippen LogP contribution < -0.4 is 15.0 Å². The summed E-state index contributed by atoms with van der Waals surface area (Å²) >= 11 is 0. The Bertz CT molecular complexity index is 1620. The Kier molecular flexibility index (Phi) is 14.1. The molecule has 0 aliphatic carbocycles. The van der Waals surface area contributed by atoms with Gasteiger partial charge in [0, 0.05) is 30.9 Å². The number of nitrogens with one attached hydrogen (secondary N) is 1. The molecule has 3 aromatic rings. The lowest BCUT2D eigenvalue weighted by Crippen LogP contribution is -2.49. The number of rotatable bonds is 18. The maximum atomic E-state index is 14.0. The molecule has 0 saturated carbocycles. The molecule has 5 rings (SSSR count). The maximum absolute atomic E-state index is 14.0. The van der Waals surface area contributed by atoms with Gasteiger partial charge in [-0.05, 0) is 112 Å². The second kappa shape index (κ2) is 18.4. The van der Waals surface area contributed by atoms with Gasteiger partial charge in [-0.2, -0.15) is 0 Å². The summed E-state index contributed by atoms with van der Waals surface area (Å²) < 4.78 is 12.5. The number of nitrogens with zero attached hydrogens (tertiary/aromatic N) is 2. The van der Waals surface area contributed by atoms with Crippen molar-refractivity contribution in [2.75, 3.05) is 37.8 Å². The molecule has 0 radical (unpaired) electrons. The van der Waals surface area contributed by atoms with Crippen LogP contribution in [0.3, 0.4) is 0 Å². The molecule has 0 aromatic heterocycles. The van der Waals surface area contributed by atoms with Crippen LogP contribution in [-0.4, -0.2) is 91.2 Å². The highest BCUT2D eigenvalue weighted by Crippen LogP contribution is 2.46. The van der Waals surface area contributed by atoms with Crippen LogP contribution in [0.1, 0.15) is 56.2 Å². The van der Waals surface area contributed by atoms with E-state index >= 15 is 0 Å². The van der Waals surface area contributed by atoms with Crippen LogP contribution in [0.5, 0.6) is 5.75 Å². The van der Waals surface area contributed by atoms with Gasteiger partial charge in [0.05, 0.1) is 43.6 Å². The van der Waals surface area contributed by atoms with E-state index in [1.54, 1.807) is 4.90 Å². The molecule has 4 N–H and O–H groups in total. The molecule has 2 amide bonds. The number of ether oxygens (including phenoxy) is 2. The molecule has 1 saturated heterocycles. The topological polar surface area (TPSA) is 132 Å². The first-order valence-corrected chi connectivity index (χ1v) is 21.9. The number of unbranched alkanes of at least 4 members (excludes halogenated alkanes) is 1. The van der Waals surface area contributed by atoms with Crippen molar-refractivity contribution < 1.29 is 34.1 Å². The number of amides is 2. The number of carbonyl (C=O) groups excluding carboxylic acids is 2. The molecule has 0 bridgehead atoms. The Morgan fingerprint density at radius 1 is 1.00 bits per heavy atom. The lowest BCUT2D eigenvalue weighted by atomic mass is 9.94. The van der Waals surface area contributed by atoms with E-state index in [1.165, 1.54) is 0 Å². The first-order chi connectivity index (χ1) is 25.0. The highest BCUT2D eigenvalue weighted by molar-refractivity contribution is 6.71. The van der Waals surface area contributed by atoms with Crippen molar-refractivity contribution in [2.24, 2.45) is 5.92 Å². The summed E-state index contributed by atoms with van der Waals surface area (Å²) in [4.78, 5) is 42.6. The summed E-state index contributed by atoms with van der Waals surface area (Å²) in [5.74, 6) is 0.728. The number of anilines is 2. The normalized spacial score (nSPS) is 21.6. The van der Waals surface area contributed by atoms with Gasteiger partial charge in [0.15, 0.2) is 8.32 Å². The predicted molar refractivity (Wildman–Crippen MR) is 206 cm³/mol. The minimum Gasteiger partial charge on any atom is -0.494 e. The maximum Gasteiger partial charge on any atom is 0.249 e. The number of aliphatic hydroxyl groups excluding tert-OH is 2. The van der Waals surface area contributed by atoms with Crippen LogP contribution in [0.4, 0.5) is 11.4 Å². The van der Waals surface area contributed by atoms with Crippen molar-refractivity contribution in [1.82, 2.24) is 10.2 Å². The Labute approximate surface area is 309 Å². The van der Waals surface area contributed by atoms with Crippen LogP contribution in [0.25, 0.3) is 0 Å². The van der Waals surface area contributed by atoms with E-state index in [2.05, 4.69) is 24.4 Å². The van der Waals surface area contributed by atoms with Crippen LogP contribution in [0.2, 0.25) is 18.6 Å². The van der Waals surface area contributed by atoms with Crippen molar-refractivity contribution in [1.29, 1.82) is 0 Å². The monoisotopic (exact) mass is 731 g/mol. The summed E-state index contributed by atoms with van der Waals surface area (Å²) in [7, 11) is -2.71. The fourth-order valence-electron chi connectivity index (χ4n) is 8.01. The fourth-order valence-corrected chi connectivity index (χ4v) is 10.6. The predicted octanol–water partition coefficient (Wildman–Crippen LogP) is 5.35. The third-order valence-corrected chi connectivity index (χ3v) is 13.0. The molecular weight excluding hydrogens is 675 g/mol. The van der Waals surface area contributed by atoms with Gasteiger partial charge in [-0.15, -0.1) is 0 Å².